The van der Waals surface area contributed by atoms with Gasteiger partial charge in [0.15, 0.2) is 0 Å². The van der Waals surface area contributed by atoms with Crippen LogP contribution in [0.2, 0.25) is 0 Å². The van der Waals surface area contributed by atoms with Gasteiger partial charge < -0.3 is 25.6 Å². The molecule has 42 heavy (non-hydrogen) atoms. The van der Waals surface area contributed by atoms with Crippen LogP contribution in [0.15, 0.2) is 54.6 Å². The van der Waals surface area contributed by atoms with Crippen molar-refractivity contribution in [3.05, 3.63) is 65.7 Å². The summed E-state index contributed by atoms with van der Waals surface area (Å²) in [6.07, 6.45) is 3.11. The number of hydrogen-bond acceptors (Lipinski definition) is 6. The Balaban J connectivity index is 1.61. The molecule has 2 atom stereocenters. The Hall–Kier alpha value is -3.53. The smallest absolute Gasteiger partial charge is 0.408 e. The Bertz CT molecular complexity index is 1190. The number of nitrogens with zero attached hydrogens (tertiary/aromatic N) is 1. The number of aryl methyl sites for hydroxylation is 1. The molecule has 1 fully saturated rings. The molecule has 0 aromatic heterocycles. The summed E-state index contributed by atoms with van der Waals surface area (Å²) in [6.45, 7) is 8.08. The van der Waals surface area contributed by atoms with Crippen LogP contribution in [-0.2, 0) is 25.5 Å². The van der Waals surface area contributed by atoms with Gasteiger partial charge in [-0.3, -0.25) is 14.4 Å². The van der Waals surface area contributed by atoms with Gasteiger partial charge in [0, 0.05) is 31.1 Å². The van der Waals surface area contributed by atoms with E-state index in [9.17, 15) is 19.2 Å². The van der Waals surface area contributed by atoms with E-state index in [2.05, 4.69) is 16.0 Å². The summed E-state index contributed by atoms with van der Waals surface area (Å²) in [5.41, 5.74) is 2.03. The van der Waals surface area contributed by atoms with Crippen molar-refractivity contribution in [3.63, 3.8) is 0 Å². The van der Waals surface area contributed by atoms with E-state index in [4.69, 9.17) is 4.74 Å². The number of carbonyl (C=O) groups excluding carboxylic acids is 4. The number of benzene rings is 2. The Morgan fingerprint density at radius 2 is 1.60 bits per heavy atom. The van der Waals surface area contributed by atoms with Crippen molar-refractivity contribution in [1.29, 1.82) is 0 Å². The fourth-order valence-corrected chi connectivity index (χ4v) is 5.21. The number of carbonyl (C=O) groups is 4. The van der Waals surface area contributed by atoms with E-state index in [1.165, 1.54) is 0 Å². The molecule has 1 saturated heterocycles. The second-order valence-electron chi connectivity index (χ2n) is 11.7. The van der Waals surface area contributed by atoms with Gasteiger partial charge >= 0.3 is 6.09 Å². The quantitative estimate of drug-likeness (QED) is 0.351. The van der Waals surface area contributed by atoms with Gasteiger partial charge in [0.25, 0.3) is 0 Å². The van der Waals surface area contributed by atoms with Crippen LogP contribution in [0, 0.1) is 12.8 Å². The van der Waals surface area contributed by atoms with Gasteiger partial charge in [-0.15, -0.1) is 0 Å². The van der Waals surface area contributed by atoms with E-state index < -0.39 is 23.8 Å². The van der Waals surface area contributed by atoms with Gasteiger partial charge in [-0.2, -0.15) is 11.8 Å². The fraction of sp³-hybridized carbons (Fsp3) is 0.500. The van der Waals surface area contributed by atoms with Gasteiger partial charge in [-0.1, -0.05) is 48.0 Å². The first kappa shape index (κ1) is 33.0. The highest BCUT2D eigenvalue weighted by Crippen LogP contribution is 2.20. The maximum Gasteiger partial charge on any atom is 0.408 e. The van der Waals surface area contributed by atoms with E-state index in [0.29, 0.717) is 50.2 Å². The molecule has 10 heteroatoms. The highest BCUT2D eigenvalue weighted by atomic mass is 32.2. The Morgan fingerprint density at radius 3 is 2.19 bits per heavy atom. The molecule has 228 valence electrons. The van der Waals surface area contributed by atoms with Crippen LogP contribution in [0.4, 0.5) is 10.5 Å². The highest BCUT2D eigenvalue weighted by molar-refractivity contribution is 7.98. The minimum absolute atomic E-state index is 0.173. The molecular formula is C32H44N4O5S. The standard InChI is InChI=1S/C32H44N4O5S/c1-22-11-13-25(14-12-22)33-29(38)27(21-23-9-7-6-8-10-23)34-28(37)24-15-18-36(19-16-24)30(39)26(17-20-42-5)35-31(40)41-32(2,3)4/h6-14,24,26-27H,15-21H2,1-5H3,(H,33,38)(H,34,37)(H,35,40). The maximum absolute atomic E-state index is 13.4. The second kappa shape index (κ2) is 15.6. The molecule has 0 saturated carbocycles. The molecular weight excluding hydrogens is 552 g/mol. The van der Waals surface area contributed by atoms with Crippen molar-refractivity contribution < 1.29 is 23.9 Å². The minimum Gasteiger partial charge on any atom is -0.444 e. The third-order valence-electron chi connectivity index (χ3n) is 7.01. The number of likely N-dealkylation sites (tertiary alicyclic amines) is 1. The predicted molar refractivity (Wildman–Crippen MR) is 167 cm³/mol. The molecule has 0 spiro atoms. The third kappa shape index (κ3) is 10.7. The van der Waals surface area contributed by atoms with E-state index in [1.54, 1.807) is 37.4 Å². The van der Waals surface area contributed by atoms with Gasteiger partial charge in [0.2, 0.25) is 17.7 Å². The van der Waals surface area contributed by atoms with Crippen LogP contribution in [-0.4, -0.2) is 71.5 Å². The largest absolute Gasteiger partial charge is 0.444 e. The zero-order valence-corrected chi connectivity index (χ0v) is 26.1. The van der Waals surface area contributed by atoms with E-state index in [-0.39, 0.29) is 23.6 Å². The molecule has 2 unspecified atom stereocenters. The molecule has 2 aromatic carbocycles. The summed E-state index contributed by atoms with van der Waals surface area (Å²) in [4.78, 5) is 54.1. The van der Waals surface area contributed by atoms with Crippen molar-refractivity contribution >= 4 is 41.3 Å². The van der Waals surface area contributed by atoms with Gasteiger partial charge in [-0.05, 0) is 76.7 Å². The van der Waals surface area contributed by atoms with Gasteiger partial charge in [0.05, 0.1) is 0 Å². The molecule has 0 bridgehead atoms. The summed E-state index contributed by atoms with van der Waals surface area (Å²) >= 11 is 1.60. The topological polar surface area (TPSA) is 117 Å². The lowest BCUT2D eigenvalue weighted by Crippen LogP contribution is -2.53. The summed E-state index contributed by atoms with van der Waals surface area (Å²) < 4.78 is 5.36. The summed E-state index contributed by atoms with van der Waals surface area (Å²) in [5.74, 6) is -0.281. The number of alkyl carbamates (subject to hydrolysis) is 1. The SMILES string of the molecule is CSCCC(NC(=O)OC(C)(C)C)C(=O)N1CCC(C(=O)NC(Cc2ccccc2)C(=O)Nc2ccc(C)cc2)CC1. The number of hydrogen-bond donors (Lipinski definition) is 3. The molecule has 3 N–H and O–H groups in total. The third-order valence-corrected chi connectivity index (χ3v) is 7.66. The molecule has 1 heterocycles. The molecule has 1 aliphatic rings. The van der Waals surface area contributed by atoms with Crippen LogP contribution < -0.4 is 16.0 Å². The monoisotopic (exact) mass is 596 g/mol. The highest BCUT2D eigenvalue weighted by Gasteiger charge is 2.33. The van der Waals surface area contributed by atoms with Gasteiger partial charge in [0.1, 0.15) is 17.7 Å². The van der Waals surface area contributed by atoms with Crippen LogP contribution in [0.5, 0.6) is 0 Å². The maximum atomic E-state index is 13.4. The number of ether oxygens (including phenoxy) is 1. The summed E-state index contributed by atoms with van der Waals surface area (Å²) in [7, 11) is 0. The Kier molecular flexibility index (Phi) is 12.3. The van der Waals surface area contributed by atoms with Crippen LogP contribution in [0.1, 0.15) is 51.2 Å². The van der Waals surface area contributed by atoms with Crippen molar-refractivity contribution in [1.82, 2.24) is 15.5 Å². The summed E-state index contributed by atoms with van der Waals surface area (Å²) in [5, 5.41) is 8.64. The average Bonchev–Trinajstić information content (AvgIpc) is 2.95. The number of rotatable bonds is 11. The van der Waals surface area contributed by atoms with E-state index in [1.807, 2.05) is 67.8 Å². The lowest BCUT2D eigenvalue weighted by molar-refractivity contribution is -0.137. The van der Waals surface area contributed by atoms with Crippen molar-refractivity contribution in [2.45, 2.75) is 71.1 Å². The zero-order valence-electron chi connectivity index (χ0n) is 25.3. The molecule has 0 radical (unpaired) electrons. The fourth-order valence-electron chi connectivity index (χ4n) is 4.74. The first-order valence-electron chi connectivity index (χ1n) is 14.4. The number of amides is 4. The molecule has 0 aliphatic carbocycles. The predicted octanol–water partition coefficient (Wildman–Crippen LogP) is 4.55. The van der Waals surface area contributed by atoms with Crippen molar-refractivity contribution in [2.75, 3.05) is 30.4 Å². The number of anilines is 1. The zero-order chi connectivity index (χ0) is 30.7. The molecule has 1 aliphatic heterocycles. The Labute approximate surface area is 253 Å². The first-order chi connectivity index (χ1) is 19.9. The lowest BCUT2D eigenvalue weighted by atomic mass is 9.94. The number of thioether (sulfide) groups is 1. The van der Waals surface area contributed by atoms with Crippen molar-refractivity contribution in [2.24, 2.45) is 5.92 Å². The molecule has 2 aromatic rings. The average molecular weight is 597 g/mol. The van der Waals surface area contributed by atoms with E-state index in [0.717, 1.165) is 11.1 Å². The molecule has 3 rings (SSSR count). The van der Waals surface area contributed by atoms with Crippen LogP contribution >= 0.6 is 11.8 Å². The minimum atomic E-state index is -0.755. The first-order valence-corrected chi connectivity index (χ1v) is 15.8. The molecule has 9 nitrogen and oxygen atoms in total. The second-order valence-corrected chi connectivity index (χ2v) is 12.7. The van der Waals surface area contributed by atoms with Gasteiger partial charge in [-0.25, -0.2) is 4.79 Å². The van der Waals surface area contributed by atoms with Crippen LogP contribution in [0.3, 0.4) is 0 Å². The lowest BCUT2D eigenvalue weighted by Gasteiger charge is -2.34. The summed E-state index contributed by atoms with van der Waals surface area (Å²) in [6, 6.07) is 15.7. The van der Waals surface area contributed by atoms with Crippen LogP contribution in [0.25, 0.3) is 0 Å². The van der Waals surface area contributed by atoms with Crippen molar-refractivity contribution in [3.8, 4) is 0 Å². The number of nitrogens with one attached hydrogen (secondary N) is 3. The molecule has 4 amide bonds. The Morgan fingerprint density at radius 1 is 0.952 bits per heavy atom. The van der Waals surface area contributed by atoms with E-state index >= 15 is 0 Å². The normalized spacial score (nSPS) is 15.3. The number of piperidine rings is 1.